The van der Waals surface area contributed by atoms with Gasteiger partial charge >= 0.3 is 0 Å². The smallest absolute Gasteiger partial charge is 0.270 e. The maximum atomic E-state index is 14.7. The van der Waals surface area contributed by atoms with Gasteiger partial charge in [0.25, 0.3) is 5.91 Å². The number of hydrogen-bond acceptors (Lipinski definition) is 5. The maximum Gasteiger partial charge on any atom is 0.270 e. The van der Waals surface area contributed by atoms with Crippen molar-refractivity contribution in [3.63, 3.8) is 0 Å². The van der Waals surface area contributed by atoms with Crippen LogP contribution in [0.2, 0.25) is 0 Å². The molecule has 0 bridgehead atoms. The van der Waals surface area contributed by atoms with Gasteiger partial charge in [0, 0.05) is 23.6 Å². The van der Waals surface area contributed by atoms with Crippen LogP contribution in [0.1, 0.15) is 42.5 Å². The molecule has 5 rings (SSSR count). The second-order valence-corrected chi connectivity index (χ2v) is 8.93. The predicted octanol–water partition coefficient (Wildman–Crippen LogP) is 4.49. The molecule has 0 radical (unpaired) electrons. The van der Waals surface area contributed by atoms with Gasteiger partial charge < -0.3 is 14.8 Å². The number of nitrogens with one attached hydrogen (secondary N) is 1. The minimum Gasteiger partial charge on any atom is -0.454 e. The second kappa shape index (κ2) is 7.88. The molecule has 1 aliphatic heterocycles. The van der Waals surface area contributed by atoms with Crippen molar-refractivity contribution in [3.8, 4) is 22.8 Å². The molecular weight excluding hydrogens is 423 g/mol. The monoisotopic (exact) mass is 446 g/mol. The molecule has 0 aliphatic carbocycles. The lowest BCUT2D eigenvalue weighted by molar-refractivity contribution is 0.0946. The van der Waals surface area contributed by atoms with Crippen LogP contribution >= 0.6 is 0 Å². The van der Waals surface area contributed by atoms with Gasteiger partial charge in [-0.05, 0) is 35.9 Å². The lowest BCUT2D eigenvalue weighted by atomic mass is 9.93. The highest BCUT2D eigenvalue weighted by Gasteiger charge is 2.22. The van der Waals surface area contributed by atoms with Gasteiger partial charge in [0.15, 0.2) is 17.1 Å². The number of ether oxygens (including phenoxy) is 2. The summed E-state index contributed by atoms with van der Waals surface area (Å²) < 4.78 is 27.0. The highest BCUT2D eigenvalue weighted by Crippen LogP contribution is 2.32. The molecule has 8 heteroatoms. The van der Waals surface area contributed by atoms with Gasteiger partial charge in [-0.25, -0.2) is 13.9 Å². The van der Waals surface area contributed by atoms with Crippen molar-refractivity contribution >= 4 is 11.6 Å². The van der Waals surface area contributed by atoms with Crippen LogP contribution in [-0.4, -0.2) is 27.3 Å². The molecule has 1 N–H and O–H groups in total. The van der Waals surface area contributed by atoms with Gasteiger partial charge in [-0.2, -0.15) is 5.10 Å². The largest absolute Gasteiger partial charge is 0.454 e. The molecule has 7 nitrogen and oxygen atoms in total. The Morgan fingerprint density at radius 2 is 1.88 bits per heavy atom. The molecule has 0 saturated heterocycles. The summed E-state index contributed by atoms with van der Waals surface area (Å²) in [7, 11) is 0. The zero-order chi connectivity index (χ0) is 23.2. The average Bonchev–Trinajstić information content (AvgIpc) is 3.43. The Morgan fingerprint density at radius 1 is 1.09 bits per heavy atom. The Labute approximate surface area is 190 Å². The van der Waals surface area contributed by atoms with Crippen molar-refractivity contribution in [2.24, 2.45) is 0 Å². The summed E-state index contributed by atoms with van der Waals surface area (Å²) in [6.45, 7) is 6.59. The van der Waals surface area contributed by atoms with Crippen LogP contribution in [0, 0.1) is 5.82 Å². The second-order valence-electron chi connectivity index (χ2n) is 8.93. The van der Waals surface area contributed by atoms with Crippen LogP contribution in [0.3, 0.4) is 0 Å². The number of fused-ring (bicyclic) bond motifs is 2. The van der Waals surface area contributed by atoms with Gasteiger partial charge in [0.1, 0.15) is 11.5 Å². The highest BCUT2D eigenvalue weighted by molar-refractivity contribution is 5.94. The average molecular weight is 446 g/mol. The summed E-state index contributed by atoms with van der Waals surface area (Å²) in [6, 6.07) is 15.3. The molecule has 1 amide bonds. The van der Waals surface area contributed by atoms with Crippen LogP contribution in [-0.2, 0) is 12.0 Å². The molecular formula is C25H23FN4O3. The molecule has 2 aromatic carbocycles. The van der Waals surface area contributed by atoms with E-state index in [-0.39, 0.29) is 30.4 Å². The topological polar surface area (TPSA) is 77.8 Å². The Bertz CT molecular complexity index is 1370. The molecule has 4 aromatic rings. The third-order valence-electron chi connectivity index (χ3n) is 5.47. The molecule has 0 fully saturated rings. The molecule has 1 aliphatic rings. The minimum absolute atomic E-state index is 0.182. The van der Waals surface area contributed by atoms with E-state index >= 15 is 0 Å². The molecule has 0 spiro atoms. The van der Waals surface area contributed by atoms with Crippen LogP contribution in [0.15, 0.2) is 54.6 Å². The van der Waals surface area contributed by atoms with Crippen molar-refractivity contribution in [3.05, 3.63) is 77.4 Å². The number of rotatable bonds is 4. The predicted molar refractivity (Wildman–Crippen MR) is 121 cm³/mol. The van der Waals surface area contributed by atoms with E-state index in [2.05, 4.69) is 15.4 Å². The van der Waals surface area contributed by atoms with Crippen LogP contribution in [0.5, 0.6) is 11.5 Å². The van der Waals surface area contributed by atoms with Gasteiger partial charge in [0.2, 0.25) is 6.79 Å². The van der Waals surface area contributed by atoms with Crippen molar-refractivity contribution < 1.29 is 18.7 Å². The number of hydrogen-bond donors (Lipinski definition) is 1. The standard InChI is InChI=1S/C25H23FN4O3/c1-25(2,3)22-12-23-28-18(11-19(30(23)29-22)16-6-4-5-7-17(16)26)24(31)27-13-15-8-9-20-21(10-15)33-14-32-20/h4-12H,13-14H2,1-3H3,(H,27,31). The summed E-state index contributed by atoms with van der Waals surface area (Å²) in [5.41, 5.74) is 2.89. The quantitative estimate of drug-likeness (QED) is 0.500. The Morgan fingerprint density at radius 3 is 2.67 bits per heavy atom. The van der Waals surface area contributed by atoms with E-state index in [9.17, 15) is 9.18 Å². The molecule has 33 heavy (non-hydrogen) atoms. The number of carbonyl (C=O) groups is 1. The lowest BCUT2D eigenvalue weighted by Gasteiger charge is -2.14. The fourth-order valence-corrected chi connectivity index (χ4v) is 3.64. The van der Waals surface area contributed by atoms with Crippen LogP contribution < -0.4 is 14.8 Å². The summed E-state index contributed by atoms with van der Waals surface area (Å²) >= 11 is 0. The third-order valence-corrected chi connectivity index (χ3v) is 5.47. The summed E-state index contributed by atoms with van der Waals surface area (Å²) in [6.07, 6.45) is 0. The summed E-state index contributed by atoms with van der Waals surface area (Å²) in [5.74, 6) is 0.565. The number of halogens is 1. The molecule has 3 heterocycles. The first-order valence-corrected chi connectivity index (χ1v) is 10.6. The van der Waals surface area contributed by atoms with E-state index < -0.39 is 5.82 Å². The van der Waals surface area contributed by atoms with Gasteiger partial charge in [-0.3, -0.25) is 4.79 Å². The fourth-order valence-electron chi connectivity index (χ4n) is 3.64. The number of amides is 1. The summed E-state index contributed by atoms with van der Waals surface area (Å²) in [5, 5.41) is 7.54. The molecule has 168 valence electrons. The molecule has 2 aromatic heterocycles. The zero-order valence-corrected chi connectivity index (χ0v) is 18.6. The van der Waals surface area contributed by atoms with E-state index in [0.717, 1.165) is 11.3 Å². The highest BCUT2D eigenvalue weighted by atomic mass is 19.1. The van der Waals surface area contributed by atoms with E-state index in [4.69, 9.17) is 9.47 Å². The van der Waals surface area contributed by atoms with Gasteiger partial charge in [-0.15, -0.1) is 0 Å². The van der Waals surface area contributed by atoms with Crippen LogP contribution in [0.4, 0.5) is 4.39 Å². The first-order valence-electron chi connectivity index (χ1n) is 10.6. The number of carbonyl (C=O) groups excluding carboxylic acids is 1. The van der Waals surface area contributed by atoms with Crippen molar-refractivity contribution in [2.45, 2.75) is 32.7 Å². The Balaban J connectivity index is 1.51. The number of benzene rings is 2. The van der Waals surface area contributed by atoms with E-state index in [1.807, 2.05) is 45.0 Å². The van der Waals surface area contributed by atoms with Crippen molar-refractivity contribution in [2.75, 3.05) is 6.79 Å². The van der Waals surface area contributed by atoms with Gasteiger partial charge in [0.05, 0.1) is 11.4 Å². The Hall–Kier alpha value is -3.94. The normalized spacial score (nSPS) is 12.8. The minimum atomic E-state index is -0.399. The van der Waals surface area contributed by atoms with Crippen molar-refractivity contribution in [1.29, 1.82) is 0 Å². The van der Waals surface area contributed by atoms with Gasteiger partial charge in [-0.1, -0.05) is 39.0 Å². The first kappa shape index (κ1) is 20.9. The van der Waals surface area contributed by atoms with E-state index in [1.54, 1.807) is 28.8 Å². The lowest BCUT2D eigenvalue weighted by Crippen LogP contribution is -2.24. The molecule has 0 unspecified atom stereocenters. The van der Waals surface area contributed by atoms with E-state index in [1.165, 1.54) is 6.07 Å². The Kier molecular flexibility index (Phi) is 5.00. The molecule has 0 atom stereocenters. The number of aromatic nitrogens is 3. The first-order chi connectivity index (χ1) is 15.8. The van der Waals surface area contributed by atoms with Crippen molar-refractivity contribution in [1.82, 2.24) is 19.9 Å². The maximum absolute atomic E-state index is 14.7. The SMILES string of the molecule is CC(C)(C)c1cc2nc(C(=O)NCc3ccc4c(c3)OCO4)cc(-c3ccccc3F)n2n1. The fraction of sp³-hybridized carbons (Fsp3) is 0.240. The number of nitrogens with zero attached hydrogens (tertiary/aromatic N) is 3. The zero-order valence-electron chi connectivity index (χ0n) is 18.6. The van der Waals surface area contributed by atoms with Crippen LogP contribution in [0.25, 0.3) is 16.9 Å². The third kappa shape index (κ3) is 4.00. The molecule has 0 saturated carbocycles. The summed E-state index contributed by atoms with van der Waals surface area (Å²) in [4.78, 5) is 17.5. The van der Waals surface area contributed by atoms with E-state index in [0.29, 0.717) is 28.4 Å².